The third kappa shape index (κ3) is 2.92. The Labute approximate surface area is 164 Å². The van der Waals surface area contributed by atoms with Gasteiger partial charge in [0.15, 0.2) is 0 Å². The van der Waals surface area contributed by atoms with E-state index in [0.29, 0.717) is 12.2 Å². The molecule has 0 unspecified atom stereocenters. The quantitative estimate of drug-likeness (QED) is 0.577. The van der Waals surface area contributed by atoms with Crippen molar-refractivity contribution in [1.29, 1.82) is 0 Å². The Morgan fingerprint density at radius 2 is 1.96 bits per heavy atom. The molecule has 2 heterocycles. The van der Waals surface area contributed by atoms with Crippen molar-refractivity contribution in [2.24, 2.45) is 7.05 Å². The van der Waals surface area contributed by atoms with Crippen LogP contribution in [0.2, 0.25) is 0 Å². The van der Waals surface area contributed by atoms with Crippen LogP contribution in [-0.2, 0) is 11.8 Å². The van der Waals surface area contributed by atoms with Gasteiger partial charge in [-0.3, -0.25) is 9.78 Å². The Hall–Kier alpha value is -2.92. The molecule has 1 N–H and O–H groups in total. The minimum atomic E-state index is -0.433. The van der Waals surface area contributed by atoms with Crippen LogP contribution < -0.4 is 5.32 Å². The second-order valence-corrected chi connectivity index (χ2v) is 8.06. The molecule has 4 rings (SSSR count). The standard InChI is InChI=1S/C23H25N3O2/c1-14-17-8-9-24-12-16(17)11-19-18-10-15(6-7-20(18)26(4)21(14)19)22(27)25-23(2,3)13-28-5/h6-12H,13H2,1-5H3,(H,25,27). The zero-order valence-corrected chi connectivity index (χ0v) is 17.0. The van der Waals surface area contributed by atoms with Gasteiger partial charge in [0.1, 0.15) is 0 Å². The Bertz CT molecular complexity index is 1220. The summed E-state index contributed by atoms with van der Waals surface area (Å²) in [7, 11) is 3.71. The number of amides is 1. The van der Waals surface area contributed by atoms with Crippen LogP contribution in [0.3, 0.4) is 0 Å². The van der Waals surface area contributed by atoms with Gasteiger partial charge in [0, 0.05) is 53.8 Å². The van der Waals surface area contributed by atoms with Crippen LogP contribution in [0.5, 0.6) is 0 Å². The first kappa shape index (κ1) is 18.4. The molecule has 5 heteroatoms. The van der Waals surface area contributed by atoms with Gasteiger partial charge in [0.05, 0.1) is 17.7 Å². The second kappa shape index (κ2) is 6.60. The highest BCUT2D eigenvalue weighted by atomic mass is 16.5. The number of methoxy groups -OCH3 is 1. The number of rotatable bonds is 4. The van der Waals surface area contributed by atoms with Crippen LogP contribution in [0.4, 0.5) is 0 Å². The molecule has 1 amide bonds. The topological polar surface area (TPSA) is 56.1 Å². The summed E-state index contributed by atoms with van der Waals surface area (Å²) < 4.78 is 7.41. The van der Waals surface area contributed by atoms with Gasteiger partial charge < -0.3 is 14.6 Å². The number of hydrogen-bond donors (Lipinski definition) is 1. The summed E-state index contributed by atoms with van der Waals surface area (Å²) in [6.07, 6.45) is 3.72. The van der Waals surface area contributed by atoms with Crippen molar-refractivity contribution in [3.63, 3.8) is 0 Å². The molecule has 0 spiro atoms. The van der Waals surface area contributed by atoms with Crippen molar-refractivity contribution in [2.45, 2.75) is 26.3 Å². The Kier molecular flexibility index (Phi) is 4.35. The van der Waals surface area contributed by atoms with Crippen LogP contribution in [0, 0.1) is 6.92 Å². The van der Waals surface area contributed by atoms with E-state index in [0.717, 1.165) is 21.7 Å². The fourth-order valence-electron chi connectivity index (χ4n) is 4.14. The maximum atomic E-state index is 12.8. The van der Waals surface area contributed by atoms with Gasteiger partial charge in [0.25, 0.3) is 5.91 Å². The Balaban J connectivity index is 1.90. The van der Waals surface area contributed by atoms with Crippen molar-refractivity contribution < 1.29 is 9.53 Å². The molecule has 0 atom stereocenters. The van der Waals surface area contributed by atoms with Gasteiger partial charge in [0.2, 0.25) is 0 Å². The molecule has 0 aliphatic rings. The van der Waals surface area contributed by atoms with Gasteiger partial charge >= 0.3 is 0 Å². The predicted molar refractivity (Wildman–Crippen MR) is 114 cm³/mol. The average Bonchev–Trinajstić information content (AvgIpc) is 2.93. The van der Waals surface area contributed by atoms with E-state index in [-0.39, 0.29) is 5.91 Å². The lowest BCUT2D eigenvalue weighted by molar-refractivity contribution is 0.0820. The third-order valence-electron chi connectivity index (χ3n) is 5.37. The molecule has 0 saturated heterocycles. The van der Waals surface area contributed by atoms with Crippen molar-refractivity contribution >= 4 is 38.5 Å². The monoisotopic (exact) mass is 375 g/mol. The molecular weight excluding hydrogens is 350 g/mol. The molecule has 2 aromatic heterocycles. The molecule has 0 saturated carbocycles. The maximum Gasteiger partial charge on any atom is 0.251 e. The SMILES string of the molecule is COCC(C)(C)NC(=O)c1ccc2c(c1)c1cc3cnccc3c(C)c1n2C. The normalized spacial score (nSPS) is 12.2. The lowest BCUT2D eigenvalue weighted by Gasteiger charge is -2.25. The van der Waals surface area contributed by atoms with E-state index in [9.17, 15) is 4.79 Å². The molecule has 4 aromatic rings. The van der Waals surface area contributed by atoms with Gasteiger partial charge in [-0.15, -0.1) is 0 Å². The first-order valence-electron chi connectivity index (χ1n) is 9.39. The molecule has 28 heavy (non-hydrogen) atoms. The van der Waals surface area contributed by atoms with Crippen molar-refractivity contribution in [1.82, 2.24) is 14.9 Å². The fraction of sp³-hybridized carbons (Fsp3) is 0.304. The van der Waals surface area contributed by atoms with Crippen LogP contribution >= 0.6 is 0 Å². The van der Waals surface area contributed by atoms with Gasteiger partial charge in [-0.05, 0) is 62.1 Å². The number of carbonyl (C=O) groups excluding carboxylic acids is 1. The number of hydrogen-bond acceptors (Lipinski definition) is 3. The number of carbonyl (C=O) groups is 1. The highest BCUT2D eigenvalue weighted by Gasteiger charge is 2.22. The van der Waals surface area contributed by atoms with Crippen molar-refractivity contribution in [3.05, 3.63) is 53.9 Å². The lowest BCUT2D eigenvalue weighted by Crippen LogP contribution is -2.46. The van der Waals surface area contributed by atoms with Gasteiger partial charge in [-0.1, -0.05) is 0 Å². The van der Waals surface area contributed by atoms with E-state index in [2.05, 4.69) is 41.0 Å². The third-order valence-corrected chi connectivity index (χ3v) is 5.37. The molecular formula is C23H25N3O2. The number of benzene rings is 2. The molecule has 144 valence electrons. The van der Waals surface area contributed by atoms with E-state index in [4.69, 9.17) is 4.74 Å². The second-order valence-electron chi connectivity index (χ2n) is 8.06. The first-order valence-corrected chi connectivity index (χ1v) is 9.39. The summed E-state index contributed by atoms with van der Waals surface area (Å²) in [5.41, 5.74) is 3.73. The number of nitrogens with zero attached hydrogens (tertiary/aromatic N) is 2. The molecule has 0 aliphatic heterocycles. The van der Waals surface area contributed by atoms with E-state index in [1.807, 2.05) is 44.4 Å². The highest BCUT2D eigenvalue weighted by molar-refractivity contribution is 6.15. The molecule has 0 fully saturated rings. The zero-order valence-electron chi connectivity index (χ0n) is 17.0. The minimum Gasteiger partial charge on any atom is -0.382 e. The van der Waals surface area contributed by atoms with E-state index in [1.165, 1.54) is 16.5 Å². The van der Waals surface area contributed by atoms with E-state index >= 15 is 0 Å². The largest absolute Gasteiger partial charge is 0.382 e. The number of nitrogens with one attached hydrogen (secondary N) is 1. The van der Waals surface area contributed by atoms with Crippen LogP contribution in [0.1, 0.15) is 29.8 Å². The number of pyridine rings is 1. The summed E-state index contributed by atoms with van der Waals surface area (Å²) in [5, 5.41) is 7.58. The van der Waals surface area contributed by atoms with Crippen molar-refractivity contribution in [2.75, 3.05) is 13.7 Å². The predicted octanol–water partition coefficient (Wildman–Crippen LogP) is 4.34. The summed E-state index contributed by atoms with van der Waals surface area (Å²) in [6, 6.07) is 10.1. The average molecular weight is 375 g/mol. The number of aromatic nitrogens is 2. The minimum absolute atomic E-state index is 0.0971. The maximum absolute atomic E-state index is 12.8. The molecule has 2 aromatic carbocycles. The lowest BCUT2D eigenvalue weighted by atomic mass is 10.0. The van der Waals surface area contributed by atoms with Crippen LogP contribution in [-0.4, -0.2) is 34.7 Å². The van der Waals surface area contributed by atoms with Gasteiger partial charge in [-0.25, -0.2) is 0 Å². The number of fused-ring (bicyclic) bond motifs is 4. The molecule has 0 aliphatic carbocycles. The zero-order chi connectivity index (χ0) is 20.1. The first-order chi connectivity index (χ1) is 13.3. The number of ether oxygens (including phenoxy) is 1. The highest BCUT2D eigenvalue weighted by Crippen LogP contribution is 2.35. The molecule has 0 bridgehead atoms. The smallest absolute Gasteiger partial charge is 0.251 e. The molecule has 5 nitrogen and oxygen atoms in total. The van der Waals surface area contributed by atoms with Crippen molar-refractivity contribution in [3.8, 4) is 0 Å². The van der Waals surface area contributed by atoms with Crippen LogP contribution in [0.15, 0.2) is 42.7 Å². The summed E-state index contributed by atoms with van der Waals surface area (Å²) >= 11 is 0. The van der Waals surface area contributed by atoms with E-state index < -0.39 is 5.54 Å². The summed E-state index contributed by atoms with van der Waals surface area (Å²) in [6.45, 7) is 6.50. The van der Waals surface area contributed by atoms with Crippen LogP contribution in [0.25, 0.3) is 32.6 Å². The summed E-state index contributed by atoms with van der Waals surface area (Å²) in [4.78, 5) is 17.1. The Morgan fingerprint density at radius 1 is 1.18 bits per heavy atom. The van der Waals surface area contributed by atoms with E-state index in [1.54, 1.807) is 7.11 Å². The fourth-order valence-corrected chi connectivity index (χ4v) is 4.14. The number of aryl methyl sites for hydroxylation is 2. The molecule has 0 radical (unpaired) electrons. The Morgan fingerprint density at radius 3 is 2.71 bits per heavy atom. The summed E-state index contributed by atoms with van der Waals surface area (Å²) in [5.74, 6) is -0.0971. The van der Waals surface area contributed by atoms with Gasteiger partial charge in [-0.2, -0.15) is 0 Å².